The van der Waals surface area contributed by atoms with Crippen molar-refractivity contribution >= 4 is 5.69 Å². The number of hydrogen-bond donors (Lipinski definition) is 2. The molecule has 1 heterocycles. The first kappa shape index (κ1) is 15.3. The van der Waals surface area contributed by atoms with Crippen molar-refractivity contribution in [1.29, 1.82) is 0 Å². The highest BCUT2D eigenvalue weighted by atomic mass is 19.1. The van der Waals surface area contributed by atoms with E-state index in [-0.39, 0.29) is 18.5 Å². The minimum Gasteiger partial charge on any atom is -0.396 e. The molecule has 0 aromatic heterocycles. The number of piperidine rings is 1. The van der Waals surface area contributed by atoms with Crippen LogP contribution in [0.25, 0.3) is 0 Å². The largest absolute Gasteiger partial charge is 0.396 e. The van der Waals surface area contributed by atoms with Crippen LogP contribution in [0.2, 0.25) is 0 Å². The topological polar surface area (TPSA) is 35.5 Å². The molecule has 1 unspecified atom stereocenters. The van der Waals surface area contributed by atoms with Crippen LogP contribution in [0.1, 0.15) is 36.9 Å². The quantitative estimate of drug-likeness (QED) is 0.890. The minimum atomic E-state index is -0.143. The maximum atomic E-state index is 13.9. The van der Waals surface area contributed by atoms with Gasteiger partial charge in [-0.15, -0.1) is 0 Å². The van der Waals surface area contributed by atoms with Gasteiger partial charge in [-0.3, -0.25) is 0 Å². The third kappa shape index (κ3) is 3.13. The molecule has 1 fully saturated rings. The second kappa shape index (κ2) is 6.55. The monoisotopic (exact) mass is 280 g/mol. The highest BCUT2D eigenvalue weighted by Crippen LogP contribution is 2.32. The van der Waals surface area contributed by atoms with Gasteiger partial charge in [-0.25, -0.2) is 4.39 Å². The van der Waals surface area contributed by atoms with Gasteiger partial charge in [0.2, 0.25) is 0 Å². The number of rotatable bonds is 4. The van der Waals surface area contributed by atoms with Gasteiger partial charge >= 0.3 is 0 Å². The molecule has 1 aliphatic rings. The van der Waals surface area contributed by atoms with Crippen molar-refractivity contribution in [2.24, 2.45) is 5.92 Å². The van der Waals surface area contributed by atoms with E-state index in [1.807, 2.05) is 27.0 Å². The van der Waals surface area contributed by atoms with Gasteiger partial charge in [-0.2, -0.15) is 0 Å². The van der Waals surface area contributed by atoms with E-state index in [9.17, 15) is 9.50 Å². The lowest BCUT2D eigenvalue weighted by molar-refractivity contribution is 0.203. The fourth-order valence-electron chi connectivity index (χ4n) is 2.81. The predicted molar refractivity (Wildman–Crippen MR) is 80.6 cm³/mol. The predicted octanol–water partition coefficient (Wildman–Crippen LogP) is 2.62. The molecule has 1 atom stereocenters. The lowest BCUT2D eigenvalue weighted by Crippen LogP contribution is -2.36. The van der Waals surface area contributed by atoms with Crippen LogP contribution >= 0.6 is 0 Å². The smallest absolute Gasteiger partial charge is 0.126 e. The van der Waals surface area contributed by atoms with Crippen LogP contribution in [0.4, 0.5) is 10.1 Å². The Morgan fingerprint density at radius 3 is 2.60 bits per heavy atom. The minimum absolute atomic E-state index is 0.121. The summed E-state index contributed by atoms with van der Waals surface area (Å²) in [6, 6.07) is 3.73. The number of aliphatic hydroxyl groups is 1. The first-order valence-corrected chi connectivity index (χ1v) is 7.40. The third-order valence-electron chi connectivity index (χ3n) is 4.42. The van der Waals surface area contributed by atoms with Crippen molar-refractivity contribution < 1.29 is 9.50 Å². The molecule has 1 saturated heterocycles. The van der Waals surface area contributed by atoms with Crippen LogP contribution in [-0.2, 0) is 0 Å². The molecule has 3 nitrogen and oxygen atoms in total. The van der Waals surface area contributed by atoms with Crippen molar-refractivity contribution in [2.75, 3.05) is 31.6 Å². The van der Waals surface area contributed by atoms with Crippen LogP contribution < -0.4 is 10.2 Å². The van der Waals surface area contributed by atoms with E-state index in [1.54, 1.807) is 6.07 Å². The van der Waals surface area contributed by atoms with Crippen molar-refractivity contribution in [2.45, 2.75) is 32.7 Å². The fourth-order valence-corrected chi connectivity index (χ4v) is 2.81. The molecule has 1 aliphatic heterocycles. The summed E-state index contributed by atoms with van der Waals surface area (Å²) in [4.78, 5) is 2.32. The normalized spacial score (nSPS) is 18.4. The van der Waals surface area contributed by atoms with Crippen LogP contribution in [0, 0.1) is 18.7 Å². The van der Waals surface area contributed by atoms with E-state index >= 15 is 0 Å². The van der Waals surface area contributed by atoms with E-state index in [0.29, 0.717) is 11.5 Å². The van der Waals surface area contributed by atoms with Crippen LogP contribution in [0.15, 0.2) is 12.1 Å². The van der Waals surface area contributed by atoms with Crippen LogP contribution in [0.3, 0.4) is 0 Å². The molecule has 0 radical (unpaired) electrons. The van der Waals surface area contributed by atoms with Gasteiger partial charge in [-0.05, 0) is 62.9 Å². The third-order valence-corrected chi connectivity index (χ3v) is 4.42. The van der Waals surface area contributed by atoms with Gasteiger partial charge < -0.3 is 15.3 Å². The molecule has 0 saturated carbocycles. The maximum Gasteiger partial charge on any atom is 0.126 e. The summed E-state index contributed by atoms with van der Waals surface area (Å²) < 4.78 is 13.9. The van der Waals surface area contributed by atoms with Gasteiger partial charge in [0, 0.05) is 31.4 Å². The van der Waals surface area contributed by atoms with E-state index in [0.717, 1.165) is 37.2 Å². The number of nitrogens with zero attached hydrogens (tertiary/aromatic N) is 1. The van der Waals surface area contributed by atoms with Crippen LogP contribution in [0.5, 0.6) is 0 Å². The Labute approximate surface area is 120 Å². The molecule has 4 heteroatoms. The molecule has 0 spiro atoms. The van der Waals surface area contributed by atoms with E-state index in [4.69, 9.17) is 0 Å². The summed E-state index contributed by atoms with van der Waals surface area (Å²) in [5, 5.41) is 12.4. The molecular weight excluding hydrogens is 255 g/mol. The molecule has 1 aromatic rings. The number of aryl methyl sites for hydroxylation is 1. The number of hydrogen-bond acceptors (Lipinski definition) is 3. The summed E-state index contributed by atoms with van der Waals surface area (Å²) in [6.45, 7) is 6.00. The van der Waals surface area contributed by atoms with Crippen molar-refractivity contribution in [1.82, 2.24) is 5.32 Å². The molecule has 2 N–H and O–H groups in total. The highest BCUT2D eigenvalue weighted by molar-refractivity contribution is 5.57. The number of nitrogens with one attached hydrogen (secondary N) is 1. The SMILES string of the molecule is CNC(C)c1cc(F)c(C)cc1N1CCC(CO)CC1. The molecule has 0 amide bonds. The highest BCUT2D eigenvalue weighted by Gasteiger charge is 2.22. The average Bonchev–Trinajstić information content (AvgIpc) is 2.49. The van der Waals surface area contributed by atoms with Gasteiger partial charge in [-0.1, -0.05) is 0 Å². The van der Waals surface area contributed by atoms with Crippen LogP contribution in [-0.4, -0.2) is 31.9 Å². The Bertz CT molecular complexity index is 456. The Balaban J connectivity index is 2.28. The summed E-state index contributed by atoms with van der Waals surface area (Å²) in [5.74, 6) is 0.272. The number of anilines is 1. The Morgan fingerprint density at radius 2 is 2.05 bits per heavy atom. The standard InChI is InChI=1S/C16H25FN2O/c1-11-8-16(14(9-15(11)17)12(2)18-3)19-6-4-13(10-20)5-7-19/h8-9,12-13,18,20H,4-7,10H2,1-3H3. The van der Waals surface area contributed by atoms with E-state index in [2.05, 4.69) is 10.2 Å². The zero-order valence-corrected chi connectivity index (χ0v) is 12.6. The molecule has 0 bridgehead atoms. The zero-order valence-electron chi connectivity index (χ0n) is 12.6. The second-order valence-corrected chi connectivity index (χ2v) is 5.78. The molecule has 20 heavy (non-hydrogen) atoms. The lowest BCUT2D eigenvalue weighted by Gasteiger charge is -2.35. The van der Waals surface area contributed by atoms with E-state index in [1.165, 1.54) is 0 Å². The first-order valence-electron chi connectivity index (χ1n) is 7.40. The summed E-state index contributed by atoms with van der Waals surface area (Å²) >= 11 is 0. The molecule has 112 valence electrons. The van der Waals surface area contributed by atoms with Crippen molar-refractivity contribution in [3.63, 3.8) is 0 Å². The molecule has 0 aliphatic carbocycles. The van der Waals surface area contributed by atoms with Gasteiger partial charge in [0.15, 0.2) is 0 Å². The maximum absolute atomic E-state index is 13.9. The molecule has 2 rings (SSSR count). The van der Waals surface area contributed by atoms with Gasteiger partial charge in [0.25, 0.3) is 0 Å². The fraction of sp³-hybridized carbons (Fsp3) is 0.625. The molecule has 1 aromatic carbocycles. The van der Waals surface area contributed by atoms with Gasteiger partial charge in [0.05, 0.1) is 0 Å². The Hall–Kier alpha value is -1.13. The van der Waals surface area contributed by atoms with Crippen molar-refractivity contribution in [3.8, 4) is 0 Å². The zero-order chi connectivity index (χ0) is 14.7. The van der Waals surface area contributed by atoms with Crippen molar-refractivity contribution in [3.05, 3.63) is 29.1 Å². The summed E-state index contributed by atoms with van der Waals surface area (Å²) in [6.07, 6.45) is 2.00. The van der Waals surface area contributed by atoms with E-state index < -0.39 is 0 Å². The Kier molecular flexibility index (Phi) is 5.00. The number of aliphatic hydroxyl groups excluding tert-OH is 1. The number of halogens is 1. The Morgan fingerprint density at radius 1 is 1.40 bits per heavy atom. The summed E-state index contributed by atoms with van der Waals surface area (Å²) in [7, 11) is 1.89. The summed E-state index contributed by atoms with van der Waals surface area (Å²) in [5.41, 5.74) is 2.83. The lowest BCUT2D eigenvalue weighted by atomic mass is 9.95. The molecular formula is C16H25FN2O. The van der Waals surface area contributed by atoms with Gasteiger partial charge in [0.1, 0.15) is 5.82 Å². The average molecular weight is 280 g/mol. The first-order chi connectivity index (χ1) is 9.56. The number of benzene rings is 1. The second-order valence-electron chi connectivity index (χ2n) is 5.78.